The van der Waals surface area contributed by atoms with E-state index in [4.69, 9.17) is 21.1 Å². The van der Waals surface area contributed by atoms with E-state index in [0.717, 1.165) is 34.4 Å². The van der Waals surface area contributed by atoms with Crippen molar-refractivity contribution in [2.24, 2.45) is 0 Å². The van der Waals surface area contributed by atoms with Crippen molar-refractivity contribution in [1.29, 1.82) is 0 Å². The van der Waals surface area contributed by atoms with Crippen LogP contribution in [0.1, 0.15) is 39.8 Å². The average Bonchev–Trinajstić information content (AvgIpc) is 3.44. The standard InChI is InChI=1S/C20H22ClN5O3S/c1-2-16-19(30-25-24-16)20(27)26-8-10-29-18(12-26)17-11-14(22-23-17)7-9-28-15-5-3-13(21)4-6-15/h3-6,11,18H,2,7-10,12H2,1H3,(H,22,23)/t18-/m0/s1. The van der Waals surface area contributed by atoms with E-state index < -0.39 is 0 Å². The molecule has 3 aromatic rings. The maximum Gasteiger partial charge on any atom is 0.267 e. The van der Waals surface area contributed by atoms with Gasteiger partial charge < -0.3 is 14.4 Å². The zero-order valence-corrected chi connectivity index (χ0v) is 18.1. The molecule has 3 heterocycles. The van der Waals surface area contributed by atoms with Gasteiger partial charge in [0, 0.05) is 23.7 Å². The fraction of sp³-hybridized carbons (Fsp3) is 0.400. The highest BCUT2D eigenvalue weighted by molar-refractivity contribution is 7.08. The summed E-state index contributed by atoms with van der Waals surface area (Å²) in [4.78, 5) is 15.3. The molecular weight excluding hydrogens is 426 g/mol. The first-order chi connectivity index (χ1) is 14.6. The van der Waals surface area contributed by atoms with Crippen molar-refractivity contribution in [2.75, 3.05) is 26.3 Å². The fourth-order valence-electron chi connectivity index (χ4n) is 3.24. The number of aromatic nitrogens is 4. The molecule has 1 N–H and O–H groups in total. The van der Waals surface area contributed by atoms with Crippen LogP contribution in [0.2, 0.25) is 5.02 Å². The van der Waals surface area contributed by atoms with Gasteiger partial charge in [-0.1, -0.05) is 23.0 Å². The van der Waals surface area contributed by atoms with Crippen molar-refractivity contribution < 1.29 is 14.3 Å². The number of rotatable bonds is 7. The Bertz CT molecular complexity index is 991. The molecule has 0 aliphatic carbocycles. The molecule has 30 heavy (non-hydrogen) atoms. The van der Waals surface area contributed by atoms with Gasteiger partial charge in [-0.3, -0.25) is 9.89 Å². The first-order valence-corrected chi connectivity index (χ1v) is 10.9. The van der Waals surface area contributed by atoms with E-state index >= 15 is 0 Å². The maximum absolute atomic E-state index is 12.9. The summed E-state index contributed by atoms with van der Waals surface area (Å²) in [5.41, 5.74) is 2.48. The number of morpholine rings is 1. The van der Waals surface area contributed by atoms with Gasteiger partial charge in [0.25, 0.3) is 5.91 Å². The van der Waals surface area contributed by atoms with Crippen LogP contribution in [-0.4, -0.2) is 56.9 Å². The molecule has 158 valence electrons. The minimum Gasteiger partial charge on any atom is -0.493 e. The van der Waals surface area contributed by atoms with Crippen LogP contribution in [0.5, 0.6) is 5.75 Å². The minimum absolute atomic E-state index is 0.0396. The summed E-state index contributed by atoms with van der Waals surface area (Å²) in [5, 5.41) is 12.1. The molecule has 0 spiro atoms. The van der Waals surface area contributed by atoms with Crippen molar-refractivity contribution in [1.82, 2.24) is 24.7 Å². The van der Waals surface area contributed by atoms with Gasteiger partial charge in [-0.25, -0.2) is 0 Å². The second-order valence-electron chi connectivity index (χ2n) is 6.88. The van der Waals surface area contributed by atoms with E-state index in [2.05, 4.69) is 19.8 Å². The van der Waals surface area contributed by atoms with E-state index in [9.17, 15) is 4.79 Å². The number of nitrogens with one attached hydrogen (secondary N) is 1. The highest BCUT2D eigenvalue weighted by Crippen LogP contribution is 2.24. The summed E-state index contributed by atoms with van der Waals surface area (Å²) in [6.45, 7) is 3.94. The Balaban J connectivity index is 1.33. The van der Waals surface area contributed by atoms with Gasteiger partial charge in [-0.15, -0.1) is 5.10 Å². The number of hydrogen-bond acceptors (Lipinski definition) is 7. The molecule has 10 heteroatoms. The third-order valence-electron chi connectivity index (χ3n) is 4.87. The van der Waals surface area contributed by atoms with E-state index in [-0.39, 0.29) is 12.0 Å². The van der Waals surface area contributed by atoms with Gasteiger partial charge in [-0.05, 0) is 48.3 Å². The molecule has 0 saturated carbocycles. The van der Waals surface area contributed by atoms with Gasteiger partial charge in [0.15, 0.2) is 0 Å². The number of carbonyl (C=O) groups excluding carboxylic acids is 1. The monoisotopic (exact) mass is 447 g/mol. The number of carbonyl (C=O) groups is 1. The number of nitrogens with zero attached hydrogens (tertiary/aromatic N) is 4. The third kappa shape index (κ3) is 4.80. The van der Waals surface area contributed by atoms with E-state index in [1.165, 1.54) is 0 Å². The van der Waals surface area contributed by atoms with Crippen molar-refractivity contribution in [2.45, 2.75) is 25.9 Å². The van der Waals surface area contributed by atoms with Gasteiger partial charge in [0.2, 0.25) is 0 Å². The Morgan fingerprint density at radius 3 is 3.03 bits per heavy atom. The topological polar surface area (TPSA) is 93.2 Å². The molecule has 1 aliphatic rings. The molecule has 1 atom stereocenters. The van der Waals surface area contributed by atoms with Crippen LogP contribution in [0.3, 0.4) is 0 Å². The summed E-state index contributed by atoms with van der Waals surface area (Å²) in [6, 6.07) is 9.24. The molecule has 1 aromatic carbocycles. The molecule has 8 nitrogen and oxygen atoms in total. The number of amides is 1. The average molecular weight is 448 g/mol. The van der Waals surface area contributed by atoms with Crippen LogP contribution in [-0.2, 0) is 17.6 Å². The zero-order chi connectivity index (χ0) is 20.9. The Morgan fingerprint density at radius 2 is 2.23 bits per heavy atom. The number of ether oxygens (including phenoxy) is 2. The van der Waals surface area contributed by atoms with Crippen molar-refractivity contribution in [3.8, 4) is 5.75 Å². The smallest absolute Gasteiger partial charge is 0.267 e. The largest absolute Gasteiger partial charge is 0.493 e. The quantitative estimate of drug-likeness (QED) is 0.597. The lowest BCUT2D eigenvalue weighted by Gasteiger charge is -2.31. The lowest BCUT2D eigenvalue weighted by Crippen LogP contribution is -2.42. The SMILES string of the molecule is CCc1nnsc1C(=O)N1CCO[C@H](c2cc(CCOc3ccc(Cl)cc3)[nH]n2)C1. The molecule has 0 bridgehead atoms. The molecule has 4 rings (SSSR count). The summed E-state index contributed by atoms with van der Waals surface area (Å²) >= 11 is 7.03. The van der Waals surface area contributed by atoms with Crippen LogP contribution in [0, 0.1) is 0 Å². The maximum atomic E-state index is 12.9. The Hall–Kier alpha value is -2.49. The van der Waals surface area contributed by atoms with Gasteiger partial charge >= 0.3 is 0 Å². The summed E-state index contributed by atoms with van der Waals surface area (Å²) in [7, 11) is 0. The second-order valence-corrected chi connectivity index (χ2v) is 8.07. The molecule has 0 radical (unpaired) electrons. The number of hydrogen-bond donors (Lipinski definition) is 1. The summed E-state index contributed by atoms with van der Waals surface area (Å²) < 4.78 is 15.5. The van der Waals surface area contributed by atoms with Crippen molar-refractivity contribution >= 4 is 29.0 Å². The highest BCUT2D eigenvalue weighted by atomic mass is 35.5. The predicted octanol–water partition coefficient (Wildman–Crippen LogP) is 3.31. The minimum atomic E-state index is -0.268. The van der Waals surface area contributed by atoms with Crippen LogP contribution in [0.4, 0.5) is 0 Å². The summed E-state index contributed by atoms with van der Waals surface area (Å²) in [5.74, 6) is 0.732. The first-order valence-electron chi connectivity index (χ1n) is 9.78. The van der Waals surface area contributed by atoms with E-state index in [1.807, 2.05) is 25.1 Å². The molecule has 0 unspecified atom stereocenters. The Kier molecular flexibility index (Phi) is 6.61. The van der Waals surface area contributed by atoms with E-state index in [0.29, 0.717) is 49.0 Å². The summed E-state index contributed by atoms with van der Waals surface area (Å²) in [6.07, 6.45) is 1.10. The third-order valence-corrected chi connectivity index (χ3v) is 5.88. The lowest BCUT2D eigenvalue weighted by molar-refractivity contribution is -0.0246. The molecular formula is C20H22ClN5O3S. The van der Waals surface area contributed by atoms with Crippen molar-refractivity contribution in [3.05, 3.63) is 57.3 Å². The zero-order valence-electron chi connectivity index (χ0n) is 16.5. The normalized spacial score (nSPS) is 16.6. The predicted molar refractivity (Wildman–Crippen MR) is 113 cm³/mol. The number of halogens is 1. The lowest BCUT2D eigenvalue weighted by atomic mass is 10.1. The molecule has 1 saturated heterocycles. The molecule has 1 aliphatic heterocycles. The van der Waals surface area contributed by atoms with Gasteiger partial charge in [0.1, 0.15) is 16.7 Å². The molecule has 1 amide bonds. The van der Waals surface area contributed by atoms with Crippen LogP contribution in [0.25, 0.3) is 0 Å². The Labute approximate surface area is 183 Å². The van der Waals surface area contributed by atoms with E-state index in [1.54, 1.807) is 17.0 Å². The highest BCUT2D eigenvalue weighted by Gasteiger charge is 2.29. The van der Waals surface area contributed by atoms with Crippen LogP contribution in [0.15, 0.2) is 30.3 Å². The second kappa shape index (κ2) is 9.55. The van der Waals surface area contributed by atoms with Gasteiger partial charge in [0.05, 0.1) is 31.1 Å². The number of aromatic amines is 1. The number of benzene rings is 1. The molecule has 1 fully saturated rings. The van der Waals surface area contributed by atoms with Crippen LogP contribution < -0.4 is 4.74 Å². The molecule has 2 aromatic heterocycles. The Morgan fingerprint density at radius 1 is 1.40 bits per heavy atom. The number of H-pyrrole nitrogens is 1. The van der Waals surface area contributed by atoms with Crippen LogP contribution >= 0.6 is 23.1 Å². The first kappa shape index (κ1) is 20.8. The number of aryl methyl sites for hydroxylation is 1. The fourth-order valence-corrected chi connectivity index (χ4v) is 4.09. The van der Waals surface area contributed by atoms with Crippen molar-refractivity contribution in [3.63, 3.8) is 0 Å². The van der Waals surface area contributed by atoms with Gasteiger partial charge in [-0.2, -0.15) is 5.10 Å².